The minimum atomic E-state index is -0.317. The highest BCUT2D eigenvalue weighted by Crippen LogP contribution is 2.26. The summed E-state index contributed by atoms with van der Waals surface area (Å²) in [7, 11) is 1.64. The first-order valence-corrected chi connectivity index (χ1v) is 6.47. The van der Waals surface area contributed by atoms with E-state index in [2.05, 4.69) is 5.32 Å². The van der Waals surface area contributed by atoms with Crippen molar-refractivity contribution >= 4 is 11.6 Å². The average molecular weight is 264 g/mol. The highest BCUT2D eigenvalue weighted by molar-refractivity contribution is 5.91. The lowest BCUT2D eigenvalue weighted by Crippen LogP contribution is -2.33. The topological polar surface area (TPSA) is 64.3 Å². The van der Waals surface area contributed by atoms with Crippen molar-refractivity contribution in [3.8, 4) is 5.75 Å². The molecule has 1 rings (SSSR count). The number of benzene rings is 1. The predicted octanol–water partition coefficient (Wildman–Crippen LogP) is 2.77. The number of anilines is 1. The van der Waals surface area contributed by atoms with Crippen molar-refractivity contribution in [3.63, 3.8) is 0 Å². The van der Waals surface area contributed by atoms with Gasteiger partial charge in [0.2, 0.25) is 5.91 Å². The molecule has 0 aliphatic rings. The zero-order chi connectivity index (χ0) is 14.6. The Bertz CT molecular complexity index is 462. The number of amides is 1. The first-order chi connectivity index (χ1) is 8.73. The van der Waals surface area contributed by atoms with Crippen molar-refractivity contribution in [2.75, 3.05) is 12.4 Å². The van der Waals surface area contributed by atoms with E-state index in [9.17, 15) is 4.79 Å². The third-order valence-corrected chi connectivity index (χ3v) is 3.01. The highest BCUT2D eigenvalue weighted by Gasteiger charge is 2.14. The molecule has 0 bridgehead atoms. The Labute approximate surface area is 115 Å². The fourth-order valence-electron chi connectivity index (χ4n) is 1.79. The number of nitrogens with two attached hydrogens (primary N) is 1. The maximum Gasteiger partial charge on any atom is 0.224 e. The summed E-state index contributed by atoms with van der Waals surface area (Å²) in [6.07, 6.45) is 1.08. The van der Waals surface area contributed by atoms with Gasteiger partial charge in [0.05, 0.1) is 7.11 Å². The number of aryl methyl sites for hydroxylation is 2. The van der Waals surface area contributed by atoms with Crippen LogP contribution in [0, 0.1) is 13.8 Å². The van der Waals surface area contributed by atoms with Crippen molar-refractivity contribution in [2.45, 2.75) is 46.1 Å². The number of methoxy groups -OCH3 is 1. The maximum atomic E-state index is 11.9. The third-order valence-electron chi connectivity index (χ3n) is 3.01. The summed E-state index contributed by atoms with van der Waals surface area (Å²) >= 11 is 0. The summed E-state index contributed by atoms with van der Waals surface area (Å²) in [5.41, 5.74) is 8.38. The molecule has 0 atom stereocenters. The lowest BCUT2D eigenvalue weighted by molar-refractivity contribution is -0.116. The van der Waals surface area contributed by atoms with Crippen LogP contribution in [-0.2, 0) is 4.79 Å². The summed E-state index contributed by atoms with van der Waals surface area (Å²) in [6.45, 7) is 7.74. The summed E-state index contributed by atoms with van der Waals surface area (Å²) < 4.78 is 5.25. The zero-order valence-corrected chi connectivity index (χ0v) is 12.5. The number of ether oxygens (including phenoxy) is 1. The third kappa shape index (κ3) is 4.91. The number of hydrogen-bond acceptors (Lipinski definition) is 3. The van der Waals surface area contributed by atoms with Gasteiger partial charge in [-0.05, 0) is 57.4 Å². The molecule has 19 heavy (non-hydrogen) atoms. The van der Waals surface area contributed by atoms with Gasteiger partial charge in [-0.3, -0.25) is 4.79 Å². The van der Waals surface area contributed by atoms with Gasteiger partial charge in [-0.1, -0.05) is 0 Å². The van der Waals surface area contributed by atoms with Crippen LogP contribution >= 0.6 is 0 Å². The van der Waals surface area contributed by atoms with Gasteiger partial charge in [0.15, 0.2) is 0 Å². The molecular weight excluding hydrogens is 240 g/mol. The zero-order valence-electron chi connectivity index (χ0n) is 12.5. The molecule has 0 saturated heterocycles. The van der Waals surface area contributed by atoms with E-state index >= 15 is 0 Å². The number of hydrogen-bond donors (Lipinski definition) is 2. The summed E-state index contributed by atoms with van der Waals surface area (Å²) in [5, 5.41) is 2.92. The van der Waals surface area contributed by atoms with Gasteiger partial charge in [0.1, 0.15) is 5.75 Å². The van der Waals surface area contributed by atoms with E-state index in [1.165, 1.54) is 0 Å². The molecule has 0 saturated carbocycles. The molecule has 0 aromatic heterocycles. The van der Waals surface area contributed by atoms with E-state index < -0.39 is 0 Å². The number of nitrogens with one attached hydrogen (secondary N) is 1. The van der Waals surface area contributed by atoms with Crippen molar-refractivity contribution in [3.05, 3.63) is 23.3 Å². The molecule has 0 unspecified atom stereocenters. The van der Waals surface area contributed by atoms with Gasteiger partial charge in [-0.25, -0.2) is 0 Å². The van der Waals surface area contributed by atoms with Crippen molar-refractivity contribution in [1.29, 1.82) is 0 Å². The van der Waals surface area contributed by atoms with Gasteiger partial charge < -0.3 is 15.8 Å². The molecule has 1 aromatic rings. The Balaban J connectivity index is 2.72. The molecule has 0 aliphatic heterocycles. The van der Waals surface area contributed by atoms with Gasteiger partial charge in [0, 0.05) is 17.6 Å². The molecule has 1 amide bonds. The largest absolute Gasteiger partial charge is 0.496 e. The van der Waals surface area contributed by atoms with Crippen molar-refractivity contribution in [2.24, 2.45) is 5.73 Å². The van der Waals surface area contributed by atoms with E-state index in [0.29, 0.717) is 12.8 Å². The second-order valence-electron chi connectivity index (χ2n) is 5.67. The van der Waals surface area contributed by atoms with Crippen LogP contribution in [0.3, 0.4) is 0 Å². The quantitative estimate of drug-likeness (QED) is 0.859. The summed E-state index contributed by atoms with van der Waals surface area (Å²) in [6, 6.07) is 3.86. The molecule has 0 fully saturated rings. The molecule has 1 aromatic carbocycles. The Morgan fingerprint density at radius 1 is 1.32 bits per heavy atom. The molecule has 0 aliphatic carbocycles. The van der Waals surface area contributed by atoms with Crippen LogP contribution in [-0.4, -0.2) is 18.6 Å². The van der Waals surface area contributed by atoms with E-state index in [4.69, 9.17) is 10.5 Å². The molecule has 3 N–H and O–H groups in total. The van der Waals surface area contributed by atoms with Gasteiger partial charge in [-0.2, -0.15) is 0 Å². The first kappa shape index (κ1) is 15.5. The Morgan fingerprint density at radius 2 is 1.95 bits per heavy atom. The summed E-state index contributed by atoms with van der Waals surface area (Å²) in [5.74, 6) is 0.824. The predicted molar refractivity (Wildman–Crippen MR) is 78.6 cm³/mol. The smallest absolute Gasteiger partial charge is 0.224 e. The standard InChI is InChI=1S/C15H24N2O2/c1-10-9-13(19-5)11(2)8-12(10)17-14(18)6-7-15(3,4)16/h8-9H,6-7,16H2,1-5H3,(H,17,18). The molecule has 106 valence electrons. The van der Waals surface area contributed by atoms with Crippen LogP contribution in [0.4, 0.5) is 5.69 Å². The monoisotopic (exact) mass is 264 g/mol. The van der Waals surface area contributed by atoms with Gasteiger partial charge in [-0.15, -0.1) is 0 Å². The molecule has 0 heterocycles. The second-order valence-corrected chi connectivity index (χ2v) is 5.67. The van der Waals surface area contributed by atoms with Gasteiger partial charge in [0.25, 0.3) is 0 Å². The van der Waals surface area contributed by atoms with Crippen LogP contribution in [0.5, 0.6) is 5.75 Å². The number of carbonyl (C=O) groups excluding carboxylic acids is 1. The number of rotatable bonds is 5. The van der Waals surface area contributed by atoms with E-state index in [1.54, 1.807) is 7.11 Å². The first-order valence-electron chi connectivity index (χ1n) is 6.47. The minimum absolute atomic E-state index is 0.00816. The van der Waals surface area contributed by atoms with Crippen LogP contribution < -0.4 is 15.8 Å². The van der Waals surface area contributed by atoms with E-state index in [-0.39, 0.29) is 11.4 Å². The van der Waals surface area contributed by atoms with E-state index in [1.807, 2.05) is 39.8 Å². The Hall–Kier alpha value is -1.55. The van der Waals surface area contributed by atoms with Crippen LogP contribution in [0.15, 0.2) is 12.1 Å². The second kappa shape index (κ2) is 6.06. The van der Waals surface area contributed by atoms with Crippen LogP contribution in [0.1, 0.15) is 37.8 Å². The van der Waals surface area contributed by atoms with Gasteiger partial charge >= 0.3 is 0 Å². The van der Waals surface area contributed by atoms with E-state index in [0.717, 1.165) is 22.6 Å². The Kier molecular flexibility index (Phi) is 4.95. The summed E-state index contributed by atoms with van der Waals surface area (Å²) in [4.78, 5) is 11.9. The van der Waals surface area contributed by atoms with Crippen molar-refractivity contribution in [1.82, 2.24) is 0 Å². The Morgan fingerprint density at radius 3 is 2.47 bits per heavy atom. The molecule has 4 heteroatoms. The SMILES string of the molecule is COc1cc(C)c(NC(=O)CCC(C)(C)N)cc1C. The average Bonchev–Trinajstić information content (AvgIpc) is 2.30. The maximum absolute atomic E-state index is 11.9. The normalized spacial score (nSPS) is 11.3. The molecule has 0 radical (unpaired) electrons. The fourth-order valence-corrected chi connectivity index (χ4v) is 1.79. The minimum Gasteiger partial charge on any atom is -0.496 e. The van der Waals surface area contributed by atoms with Crippen LogP contribution in [0.25, 0.3) is 0 Å². The highest BCUT2D eigenvalue weighted by atomic mass is 16.5. The van der Waals surface area contributed by atoms with Crippen LogP contribution in [0.2, 0.25) is 0 Å². The fraction of sp³-hybridized carbons (Fsp3) is 0.533. The lowest BCUT2D eigenvalue weighted by atomic mass is 10.00. The number of carbonyl (C=O) groups is 1. The van der Waals surface area contributed by atoms with Crippen molar-refractivity contribution < 1.29 is 9.53 Å². The lowest BCUT2D eigenvalue weighted by Gasteiger charge is -2.18. The molecule has 0 spiro atoms. The molecular formula is C15H24N2O2. The molecule has 4 nitrogen and oxygen atoms in total.